The molecule has 3 rings (SSSR count). The van der Waals surface area contributed by atoms with E-state index in [2.05, 4.69) is 5.32 Å². The summed E-state index contributed by atoms with van der Waals surface area (Å²) in [6.07, 6.45) is 1.47. The van der Waals surface area contributed by atoms with Crippen LogP contribution in [0.15, 0.2) is 47.4 Å². The van der Waals surface area contributed by atoms with Crippen LogP contribution in [0.5, 0.6) is 0 Å². The number of hydrogen-bond donors (Lipinski definition) is 1. The number of halogens is 2. The Morgan fingerprint density at radius 3 is 2.45 bits per heavy atom. The zero-order valence-electron chi connectivity index (χ0n) is 16.8. The Balaban J connectivity index is 1.72. The Kier molecular flexibility index (Phi) is 7.59. The van der Waals surface area contributed by atoms with Gasteiger partial charge in [-0.15, -0.1) is 0 Å². The molecular formula is C21H22Cl2N2O5S. The number of piperidine rings is 1. The van der Waals surface area contributed by atoms with Crippen LogP contribution in [-0.4, -0.2) is 43.8 Å². The van der Waals surface area contributed by atoms with Crippen LogP contribution in [0.3, 0.4) is 0 Å². The van der Waals surface area contributed by atoms with Gasteiger partial charge in [-0.1, -0.05) is 35.7 Å². The molecule has 1 amide bonds. The van der Waals surface area contributed by atoms with Gasteiger partial charge in [0.15, 0.2) is 6.10 Å². The maximum atomic E-state index is 12.9. The Morgan fingerprint density at radius 2 is 1.77 bits per heavy atom. The molecule has 0 spiro atoms. The number of amides is 1. The van der Waals surface area contributed by atoms with Gasteiger partial charge in [0.05, 0.1) is 21.2 Å². The van der Waals surface area contributed by atoms with Crippen LogP contribution >= 0.6 is 23.2 Å². The third-order valence-electron chi connectivity index (χ3n) is 4.86. The first-order chi connectivity index (χ1) is 14.7. The summed E-state index contributed by atoms with van der Waals surface area (Å²) in [4.78, 5) is 24.8. The van der Waals surface area contributed by atoms with Crippen LogP contribution in [0, 0.1) is 0 Å². The van der Waals surface area contributed by atoms with Crippen molar-refractivity contribution in [2.45, 2.75) is 37.2 Å². The van der Waals surface area contributed by atoms with Gasteiger partial charge in [-0.05, 0) is 56.2 Å². The van der Waals surface area contributed by atoms with E-state index in [1.165, 1.54) is 41.6 Å². The number of sulfonamides is 1. The van der Waals surface area contributed by atoms with Crippen molar-refractivity contribution < 1.29 is 22.7 Å². The molecule has 166 valence electrons. The standard InChI is InChI=1S/C21H22Cl2N2O5S/c1-14(30-21(27)15-6-5-7-16(22)12-15)20(26)24-19-13-17(8-9-18(19)23)31(28,29)25-10-3-2-4-11-25/h5-9,12-14H,2-4,10-11H2,1H3,(H,24,26). The van der Waals surface area contributed by atoms with Crippen LogP contribution in [-0.2, 0) is 19.6 Å². The Labute approximate surface area is 191 Å². The molecule has 1 atom stereocenters. The molecule has 2 aromatic rings. The lowest BCUT2D eigenvalue weighted by Gasteiger charge is -2.26. The zero-order valence-corrected chi connectivity index (χ0v) is 19.1. The van der Waals surface area contributed by atoms with Gasteiger partial charge in [-0.25, -0.2) is 13.2 Å². The van der Waals surface area contributed by atoms with E-state index >= 15 is 0 Å². The lowest BCUT2D eigenvalue weighted by Crippen LogP contribution is -2.35. The molecule has 10 heteroatoms. The molecule has 1 fully saturated rings. The maximum Gasteiger partial charge on any atom is 0.338 e. The fraction of sp³-hybridized carbons (Fsp3) is 0.333. The molecular weight excluding hydrogens is 463 g/mol. The fourth-order valence-electron chi connectivity index (χ4n) is 3.15. The molecule has 0 radical (unpaired) electrons. The molecule has 1 heterocycles. The summed E-state index contributed by atoms with van der Waals surface area (Å²) in [7, 11) is -3.69. The molecule has 0 aliphatic carbocycles. The fourth-order valence-corrected chi connectivity index (χ4v) is 5.05. The minimum Gasteiger partial charge on any atom is -0.449 e. The third-order valence-corrected chi connectivity index (χ3v) is 7.32. The second-order valence-electron chi connectivity index (χ2n) is 7.15. The molecule has 1 aliphatic rings. The number of anilines is 1. The summed E-state index contributed by atoms with van der Waals surface area (Å²) < 4.78 is 32.4. The molecule has 31 heavy (non-hydrogen) atoms. The van der Waals surface area contributed by atoms with Crippen LogP contribution in [0.25, 0.3) is 0 Å². The number of nitrogens with one attached hydrogen (secondary N) is 1. The molecule has 1 aliphatic heterocycles. The number of carbonyl (C=O) groups excluding carboxylic acids is 2. The summed E-state index contributed by atoms with van der Waals surface area (Å²) in [6, 6.07) is 10.3. The molecule has 0 aromatic heterocycles. The highest BCUT2D eigenvalue weighted by molar-refractivity contribution is 7.89. The van der Waals surface area contributed by atoms with Gasteiger partial charge in [0.2, 0.25) is 10.0 Å². The van der Waals surface area contributed by atoms with E-state index in [1.54, 1.807) is 12.1 Å². The summed E-state index contributed by atoms with van der Waals surface area (Å²) in [5.74, 6) is -1.36. The first-order valence-electron chi connectivity index (χ1n) is 9.75. The number of hydrogen-bond acceptors (Lipinski definition) is 5. The van der Waals surface area contributed by atoms with Gasteiger partial charge < -0.3 is 10.1 Å². The predicted molar refractivity (Wildman–Crippen MR) is 119 cm³/mol. The minimum absolute atomic E-state index is 0.0395. The molecule has 1 unspecified atom stereocenters. The minimum atomic E-state index is -3.69. The highest BCUT2D eigenvalue weighted by Crippen LogP contribution is 2.28. The molecule has 7 nitrogen and oxygen atoms in total. The van der Waals surface area contributed by atoms with Gasteiger partial charge in [-0.3, -0.25) is 4.79 Å². The first kappa shape index (κ1) is 23.5. The van der Waals surface area contributed by atoms with Crippen molar-refractivity contribution in [2.75, 3.05) is 18.4 Å². The number of rotatable bonds is 6. The second kappa shape index (κ2) is 9.99. The molecule has 0 bridgehead atoms. The summed E-state index contributed by atoms with van der Waals surface area (Å²) in [5.41, 5.74) is 0.329. The quantitative estimate of drug-likeness (QED) is 0.615. The maximum absolute atomic E-state index is 12.9. The Bertz CT molecular complexity index is 1080. The van der Waals surface area contributed by atoms with E-state index < -0.39 is 28.0 Å². The van der Waals surface area contributed by atoms with Crippen molar-refractivity contribution in [3.63, 3.8) is 0 Å². The molecule has 1 saturated heterocycles. The molecule has 0 saturated carbocycles. The van der Waals surface area contributed by atoms with Crippen LogP contribution in [0.2, 0.25) is 10.0 Å². The number of ether oxygens (including phenoxy) is 1. The first-order valence-corrected chi connectivity index (χ1v) is 11.9. The third kappa shape index (κ3) is 5.77. The number of benzene rings is 2. The van der Waals surface area contributed by atoms with Gasteiger partial charge in [-0.2, -0.15) is 4.31 Å². The zero-order chi connectivity index (χ0) is 22.6. The van der Waals surface area contributed by atoms with Crippen molar-refractivity contribution >= 4 is 50.8 Å². The van der Waals surface area contributed by atoms with Crippen LogP contribution < -0.4 is 5.32 Å². The molecule has 1 N–H and O–H groups in total. The van der Waals surface area contributed by atoms with E-state index in [0.717, 1.165) is 19.3 Å². The van der Waals surface area contributed by atoms with E-state index in [9.17, 15) is 18.0 Å². The van der Waals surface area contributed by atoms with Gasteiger partial charge in [0, 0.05) is 18.1 Å². The summed E-state index contributed by atoms with van der Waals surface area (Å²) in [5, 5.41) is 3.07. The van der Waals surface area contributed by atoms with Crippen molar-refractivity contribution in [2.24, 2.45) is 0 Å². The summed E-state index contributed by atoms with van der Waals surface area (Å²) >= 11 is 12.0. The van der Waals surface area contributed by atoms with Crippen LogP contribution in [0.1, 0.15) is 36.5 Å². The predicted octanol–water partition coefficient (Wildman–Crippen LogP) is 4.35. The van der Waals surface area contributed by atoms with Crippen LogP contribution in [0.4, 0.5) is 5.69 Å². The number of esters is 1. The highest BCUT2D eigenvalue weighted by Gasteiger charge is 2.27. The largest absolute Gasteiger partial charge is 0.449 e. The Morgan fingerprint density at radius 1 is 1.06 bits per heavy atom. The second-order valence-corrected chi connectivity index (χ2v) is 9.94. The van der Waals surface area contributed by atoms with E-state index in [0.29, 0.717) is 18.1 Å². The van der Waals surface area contributed by atoms with Gasteiger partial charge in [0.1, 0.15) is 0 Å². The SMILES string of the molecule is CC(OC(=O)c1cccc(Cl)c1)C(=O)Nc1cc(S(=O)(=O)N2CCCCC2)ccc1Cl. The van der Waals surface area contributed by atoms with Gasteiger partial charge in [0.25, 0.3) is 5.91 Å². The Hall–Kier alpha value is -2.13. The monoisotopic (exact) mass is 484 g/mol. The van der Waals surface area contributed by atoms with E-state index in [4.69, 9.17) is 27.9 Å². The van der Waals surface area contributed by atoms with E-state index in [1.807, 2.05) is 0 Å². The van der Waals surface area contributed by atoms with Gasteiger partial charge >= 0.3 is 5.97 Å². The molecule has 2 aromatic carbocycles. The number of carbonyl (C=O) groups is 2. The highest BCUT2D eigenvalue weighted by atomic mass is 35.5. The topological polar surface area (TPSA) is 92.8 Å². The van der Waals surface area contributed by atoms with Crippen molar-refractivity contribution in [3.05, 3.63) is 58.1 Å². The average molecular weight is 485 g/mol. The lowest BCUT2D eigenvalue weighted by molar-refractivity contribution is -0.123. The number of nitrogens with zero attached hydrogens (tertiary/aromatic N) is 1. The van der Waals surface area contributed by atoms with Crippen molar-refractivity contribution in [3.8, 4) is 0 Å². The van der Waals surface area contributed by atoms with Crippen molar-refractivity contribution in [1.82, 2.24) is 4.31 Å². The average Bonchev–Trinajstić information content (AvgIpc) is 2.75. The van der Waals surface area contributed by atoms with Crippen molar-refractivity contribution in [1.29, 1.82) is 0 Å². The lowest BCUT2D eigenvalue weighted by atomic mass is 10.2. The normalized spacial score (nSPS) is 15.8. The summed E-state index contributed by atoms with van der Waals surface area (Å²) in [6.45, 7) is 2.33. The van der Waals surface area contributed by atoms with E-state index in [-0.39, 0.29) is 21.2 Å². The smallest absolute Gasteiger partial charge is 0.338 e.